The molecule has 0 aliphatic heterocycles. The van der Waals surface area contributed by atoms with Crippen LogP contribution in [-0.2, 0) is 45.1 Å². The topological polar surface area (TPSA) is 55.8 Å². The molecule has 5 heteroatoms. The van der Waals surface area contributed by atoms with Crippen molar-refractivity contribution in [2.75, 3.05) is 4.90 Å². The SMILES string of the molecule is C=CC(=O)OCc1ccc(N(C2=CCc3ccc4c5c(ccc2c35)CC=C4)c2ccc(COC(=O)C(=C)C)cc2)cc1. The Hall–Kier alpha value is -5.16. The van der Waals surface area contributed by atoms with E-state index >= 15 is 0 Å². The molecule has 0 unspecified atom stereocenters. The van der Waals surface area contributed by atoms with E-state index in [2.05, 4.69) is 60.6 Å². The smallest absolute Gasteiger partial charge is 0.333 e. The number of carbonyl (C=O) groups excluding carboxylic acids is 2. The number of benzene rings is 4. The Bertz CT molecular complexity index is 1790. The van der Waals surface area contributed by atoms with Gasteiger partial charge in [-0.1, -0.05) is 79.9 Å². The summed E-state index contributed by atoms with van der Waals surface area (Å²) >= 11 is 0. The van der Waals surface area contributed by atoms with Gasteiger partial charge in [0.2, 0.25) is 0 Å². The van der Waals surface area contributed by atoms with Gasteiger partial charge in [0.25, 0.3) is 0 Å². The van der Waals surface area contributed by atoms with E-state index in [1.54, 1.807) is 6.92 Å². The normalized spacial score (nSPS) is 12.8. The van der Waals surface area contributed by atoms with Gasteiger partial charge in [0.15, 0.2) is 0 Å². The van der Waals surface area contributed by atoms with Crippen molar-refractivity contribution in [3.05, 3.63) is 143 Å². The first-order valence-electron chi connectivity index (χ1n) is 14.0. The first-order valence-corrected chi connectivity index (χ1v) is 14.0. The average molecular weight is 554 g/mol. The fraction of sp³-hybridized carbons (Fsp3) is 0.135. The van der Waals surface area contributed by atoms with Gasteiger partial charge in [-0.25, -0.2) is 9.59 Å². The molecule has 0 bridgehead atoms. The number of hydrogen-bond acceptors (Lipinski definition) is 5. The Kier molecular flexibility index (Phi) is 7.32. The second-order valence-corrected chi connectivity index (χ2v) is 10.6. The minimum atomic E-state index is -0.449. The zero-order valence-corrected chi connectivity index (χ0v) is 23.6. The molecule has 4 aromatic rings. The molecule has 208 valence electrons. The fourth-order valence-corrected chi connectivity index (χ4v) is 5.60. The minimum absolute atomic E-state index is 0.178. The first-order chi connectivity index (χ1) is 20.4. The van der Waals surface area contributed by atoms with Crippen molar-refractivity contribution in [1.29, 1.82) is 0 Å². The number of allylic oxidation sites excluding steroid dienone is 2. The van der Waals surface area contributed by atoms with E-state index < -0.39 is 11.9 Å². The molecule has 0 amide bonds. The molecule has 2 aliphatic carbocycles. The second kappa shape index (κ2) is 11.4. The Morgan fingerprint density at radius 3 is 2.07 bits per heavy atom. The number of ether oxygens (including phenoxy) is 2. The molecular formula is C37H31NO4. The van der Waals surface area contributed by atoms with Crippen molar-refractivity contribution in [2.24, 2.45) is 0 Å². The van der Waals surface area contributed by atoms with Gasteiger partial charge in [0, 0.05) is 28.6 Å². The molecule has 0 saturated heterocycles. The Balaban J connectivity index is 1.40. The summed E-state index contributed by atoms with van der Waals surface area (Å²) in [5.41, 5.74) is 10.3. The van der Waals surface area contributed by atoms with Crippen molar-refractivity contribution < 1.29 is 19.1 Å². The summed E-state index contributed by atoms with van der Waals surface area (Å²) in [5, 5.41) is 2.65. The van der Waals surface area contributed by atoms with E-state index in [1.165, 1.54) is 39.1 Å². The molecule has 0 N–H and O–H groups in total. The molecular weight excluding hydrogens is 522 g/mol. The second-order valence-electron chi connectivity index (χ2n) is 10.6. The molecule has 0 heterocycles. The van der Waals surface area contributed by atoms with Crippen molar-refractivity contribution in [3.63, 3.8) is 0 Å². The molecule has 0 atom stereocenters. The van der Waals surface area contributed by atoms with Crippen molar-refractivity contribution in [2.45, 2.75) is 33.0 Å². The Morgan fingerprint density at radius 2 is 1.43 bits per heavy atom. The van der Waals surface area contributed by atoms with Crippen molar-refractivity contribution in [3.8, 4) is 0 Å². The van der Waals surface area contributed by atoms with Crippen LogP contribution in [0.3, 0.4) is 0 Å². The third kappa shape index (κ3) is 5.17. The molecule has 6 rings (SSSR count). The number of esters is 2. The van der Waals surface area contributed by atoms with E-state index in [9.17, 15) is 9.59 Å². The molecule has 0 saturated carbocycles. The summed E-state index contributed by atoms with van der Waals surface area (Å²) in [7, 11) is 0. The van der Waals surface area contributed by atoms with Gasteiger partial charge in [-0.2, -0.15) is 0 Å². The predicted octanol–water partition coefficient (Wildman–Crippen LogP) is 7.99. The van der Waals surface area contributed by atoms with Crippen LogP contribution in [0.1, 0.15) is 40.3 Å². The maximum absolute atomic E-state index is 11.9. The lowest BCUT2D eigenvalue weighted by Crippen LogP contribution is -2.18. The van der Waals surface area contributed by atoms with Gasteiger partial charge in [-0.05, 0) is 82.6 Å². The quantitative estimate of drug-likeness (QED) is 0.155. The van der Waals surface area contributed by atoms with Crippen LogP contribution in [0.15, 0.2) is 110 Å². The molecule has 4 aromatic carbocycles. The number of anilines is 2. The molecule has 42 heavy (non-hydrogen) atoms. The van der Waals surface area contributed by atoms with Crippen LogP contribution in [0.25, 0.3) is 22.5 Å². The zero-order valence-electron chi connectivity index (χ0n) is 23.6. The highest BCUT2D eigenvalue weighted by Crippen LogP contribution is 2.43. The molecule has 2 aliphatic rings. The number of nitrogens with zero attached hydrogens (tertiary/aromatic N) is 1. The lowest BCUT2D eigenvalue weighted by molar-refractivity contribution is -0.140. The van der Waals surface area contributed by atoms with Crippen LogP contribution in [0, 0.1) is 0 Å². The Labute approximate surface area is 245 Å². The lowest BCUT2D eigenvalue weighted by Gasteiger charge is -2.32. The van der Waals surface area contributed by atoms with Crippen molar-refractivity contribution >= 4 is 45.9 Å². The van der Waals surface area contributed by atoms with Crippen LogP contribution in [0.2, 0.25) is 0 Å². The zero-order chi connectivity index (χ0) is 29.2. The summed E-state index contributed by atoms with van der Waals surface area (Å²) in [6.07, 6.45) is 9.68. The summed E-state index contributed by atoms with van der Waals surface area (Å²) in [6.45, 7) is 9.11. The summed E-state index contributed by atoms with van der Waals surface area (Å²) < 4.78 is 10.6. The van der Waals surface area contributed by atoms with E-state index in [4.69, 9.17) is 9.47 Å². The first kappa shape index (κ1) is 27.0. The van der Waals surface area contributed by atoms with Crippen LogP contribution >= 0.6 is 0 Å². The third-order valence-electron chi connectivity index (χ3n) is 7.69. The number of hydrogen-bond donors (Lipinski definition) is 0. The maximum atomic E-state index is 11.9. The van der Waals surface area contributed by atoms with E-state index in [1.807, 2.05) is 48.5 Å². The molecule has 0 spiro atoms. The molecule has 0 fully saturated rings. The lowest BCUT2D eigenvalue weighted by atomic mass is 9.83. The molecule has 0 aromatic heterocycles. The Morgan fingerprint density at radius 1 is 0.810 bits per heavy atom. The van der Waals surface area contributed by atoms with Crippen LogP contribution < -0.4 is 4.90 Å². The minimum Gasteiger partial charge on any atom is -0.458 e. The van der Waals surface area contributed by atoms with E-state index in [-0.39, 0.29) is 13.2 Å². The third-order valence-corrected chi connectivity index (χ3v) is 7.69. The fourth-order valence-electron chi connectivity index (χ4n) is 5.60. The van der Waals surface area contributed by atoms with Crippen LogP contribution in [-0.4, -0.2) is 11.9 Å². The summed E-state index contributed by atoms with van der Waals surface area (Å²) in [6, 6.07) is 25.1. The maximum Gasteiger partial charge on any atom is 0.333 e. The van der Waals surface area contributed by atoms with Gasteiger partial charge < -0.3 is 14.4 Å². The van der Waals surface area contributed by atoms with Gasteiger partial charge in [0.1, 0.15) is 13.2 Å². The highest BCUT2D eigenvalue weighted by molar-refractivity contribution is 6.07. The predicted molar refractivity (Wildman–Crippen MR) is 168 cm³/mol. The highest BCUT2D eigenvalue weighted by Gasteiger charge is 2.25. The van der Waals surface area contributed by atoms with Gasteiger partial charge in [-0.15, -0.1) is 0 Å². The van der Waals surface area contributed by atoms with E-state index in [0.717, 1.165) is 41.0 Å². The average Bonchev–Trinajstić information content (AvgIpc) is 3.03. The monoisotopic (exact) mass is 553 g/mol. The standard InChI is InChI=1S/C37H31NO4/c1-4-34(39)41-22-25-8-16-30(17-9-25)38(31-18-10-26(11-19-31)23-42-37(40)24(2)3)33-21-15-29-13-12-27-6-5-7-28-14-20-32(33)36(29)35(27)28/h4-6,8-14,16-21H,1-2,7,15,22-23H2,3H3. The largest absolute Gasteiger partial charge is 0.458 e. The van der Waals surface area contributed by atoms with Crippen LogP contribution in [0.5, 0.6) is 0 Å². The van der Waals surface area contributed by atoms with Gasteiger partial charge >= 0.3 is 11.9 Å². The van der Waals surface area contributed by atoms with Gasteiger partial charge in [-0.3, -0.25) is 0 Å². The summed E-state index contributed by atoms with van der Waals surface area (Å²) in [5.74, 6) is -0.851. The van der Waals surface area contributed by atoms with Gasteiger partial charge in [0.05, 0.1) is 5.70 Å². The number of rotatable bonds is 9. The highest BCUT2D eigenvalue weighted by atomic mass is 16.5. The number of carbonyl (C=O) groups is 2. The summed E-state index contributed by atoms with van der Waals surface area (Å²) in [4.78, 5) is 25.7. The molecule has 0 radical (unpaired) electrons. The van der Waals surface area contributed by atoms with E-state index in [0.29, 0.717) is 5.57 Å². The van der Waals surface area contributed by atoms with Crippen LogP contribution in [0.4, 0.5) is 11.4 Å². The molecule has 5 nitrogen and oxygen atoms in total. The van der Waals surface area contributed by atoms with Crippen molar-refractivity contribution in [1.82, 2.24) is 0 Å².